The number of aryl methyl sites for hydroxylation is 1. The van der Waals surface area contributed by atoms with Crippen LogP contribution in [-0.4, -0.2) is 26.2 Å². The van der Waals surface area contributed by atoms with Gasteiger partial charge in [-0.2, -0.15) is 5.10 Å². The van der Waals surface area contributed by atoms with Crippen LogP contribution in [0.5, 0.6) is 0 Å². The molecular weight excluding hydrogens is 367 g/mol. The van der Waals surface area contributed by atoms with Crippen molar-refractivity contribution in [3.05, 3.63) is 59.5 Å². The van der Waals surface area contributed by atoms with Crippen molar-refractivity contribution in [3.8, 4) is 22.6 Å². The van der Waals surface area contributed by atoms with Crippen LogP contribution in [0.4, 0.5) is 4.39 Å². The zero-order valence-corrected chi connectivity index (χ0v) is 17.7. The molecule has 0 atom stereocenters. The molecule has 0 radical (unpaired) electrons. The lowest BCUT2D eigenvalue weighted by molar-refractivity contribution is 0.0919. The largest absolute Gasteiger partial charge is 0.347 e. The summed E-state index contributed by atoms with van der Waals surface area (Å²) in [6, 6.07) is 10.4. The summed E-state index contributed by atoms with van der Waals surface area (Å²) in [5, 5.41) is 7.35. The van der Waals surface area contributed by atoms with Gasteiger partial charge in [-0.05, 0) is 71.4 Å². The number of rotatable bonds is 4. The van der Waals surface area contributed by atoms with Crippen LogP contribution in [0.3, 0.4) is 0 Å². The van der Waals surface area contributed by atoms with Crippen molar-refractivity contribution in [2.24, 2.45) is 0 Å². The molecule has 0 saturated carbocycles. The second kappa shape index (κ2) is 7.78. The van der Waals surface area contributed by atoms with Gasteiger partial charge >= 0.3 is 0 Å². The Labute approximate surface area is 171 Å². The minimum Gasteiger partial charge on any atom is -0.347 e. The molecule has 3 rings (SSSR count). The van der Waals surface area contributed by atoms with Crippen molar-refractivity contribution in [1.82, 2.24) is 20.1 Å². The van der Waals surface area contributed by atoms with E-state index in [0.717, 1.165) is 5.69 Å². The number of amides is 1. The van der Waals surface area contributed by atoms with Gasteiger partial charge in [0.2, 0.25) is 0 Å². The molecule has 2 heterocycles. The van der Waals surface area contributed by atoms with Crippen molar-refractivity contribution < 1.29 is 9.18 Å². The summed E-state index contributed by atoms with van der Waals surface area (Å²) in [5.41, 5.74) is 3.24. The first-order valence-electron chi connectivity index (χ1n) is 9.70. The highest BCUT2D eigenvalue weighted by Crippen LogP contribution is 2.27. The Hall–Kier alpha value is -3.02. The Bertz CT molecular complexity index is 1050. The number of pyridine rings is 1. The number of carbonyl (C=O) groups is 1. The first-order chi connectivity index (χ1) is 13.5. The number of nitrogens with one attached hydrogen (secondary N) is 1. The monoisotopic (exact) mass is 394 g/mol. The second-order valence-electron chi connectivity index (χ2n) is 8.55. The predicted molar refractivity (Wildman–Crippen MR) is 113 cm³/mol. The Morgan fingerprint density at radius 1 is 1.10 bits per heavy atom. The average molecular weight is 394 g/mol. The SMILES string of the molecule is Cc1ccc(-c2cc(C(=O)NC(C)(C)C)cc(-c3ccnn3C(C)C)n2)cc1F. The maximum absolute atomic E-state index is 14.2. The van der Waals surface area contributed by atoms with E-state index < -0.39 is 0 Å². The van der Waals surface area contributed by atoms with Gasteiger partial charge in [-0.3, -0.25) is 9.48 Å². The van der Waals surface area contributed by atoms with Crippen LogP contribution in [0.15, 0.2) is 42.6 Å². The van der Waals surface area contributed by atoms with Crippen molar-refractivity contribution in [1.29, 1.82) is 0 Å². The third-order valence-electron chi connectivity index (χ3n) is 4.47. The van der Waals surface area contributed by atoms with Crippen molar-refractivity contribution in [2.75, 3.05) is 0 Å². The number of carbonyl (C=O) groups excluding carboxylic acids is 1. The fourth-order valence-electron chi connectivity index (χ4n) is 3.03. The van der Waals surface area contributed by atoms with E-state index in [4.69, 9.17) is 4.98 Å². The number of benzene rings is 1. The maximum Gasteiger partial charge on any atom is 0.251 e. The number of halogens is 1. The minimum absolute atomic E-state index is 0.133. The quantitative estimate of drug-likeness (QED) is 0.664. The maximum atomic E-state index is 14.2. The summed E-state index contributed by atoms with van der Waals surface area (Å²) in [5.74, 6) is -0.506. The average Bonchev–Trinajstić information content (AvgIpc) is 3.12. The molecule has 1 aromatic carbocycles. The zero-order valence-electron chi connectivity index (χ0n) is 17.7. The number of aromatic nitrogens is 3. The lowest BCUT2D eigenvalue weighted by atomic mass is 10.0. The van der Waals surface area contributed by atoms with E-state index in [-0.39, 0.29) is 23.3 Å². The summed E-state index contributed by atoms with van der Waals surface area (Å²) in [6.07, 6.45) is 1.71. The fourth-order valence-corrected chi connectivity index (χ4v) is 3.03. The Morgan fingerprint density at radius 3 is 2.41 bits per heavy atom. The first kappa shape index (κ1) is 20.7. The Morgan fingerprint density at radius 2 is 1.79 bits per heavy atom. The lowest BCUT2D eigenvalue weighted by Gasteiger charge is -2.21. The van der Waals surface area contributed by atoms with Crippen LogP contribution in [0.1, 0.15) is 56.6 Å². The molecule has 0 aliphatic heterocycles. The molecule has 2 aromatic heterocycles. The van der Waals surface area contributed by atoms with Gasteiger partial charge in [0, 0.05) is 28.9 Å². The van der Waals surface area contributed by atoms with Gasteiger partial charge in [0.15, 0.2) is 0 Å². The number of hydrogen-bond donors (Lipinski definition) is 1. The van der Waals surface area contributed by atoms with Gasteiger partial charge in [0.1, 0.15) is 5.82 Å². The smallest absolute Gasteiger partial charge is 0.251 e. The molecule has 152 valence electrons. The predicted octanol–water partition coefficient (Wildman–Crippen LogP) is 5.17. The Balaban J connectivity index is 2.17. The highest BCUT2D eigenvalue weighted by molar-refractivity contribution is 5.96. The molecule has 29 heavy (non-hydrogen) atoms. The van der Waals surface area contributed by atoms with Crippen molar-refractivity contribution in [2.45, 2.75) is 53.1 Å². The summed E-state index contributed by atoms with van der Waals surface area (Å²) < 4.78 is 16.0. The van der Waals surface area contributed by atoms with E-state index in [1.54, 1.807) is 31.3 Å². The van der Waals surface area contributed by atoms with Crippen LogP contribution in [-0.2, 0) is 0 Å². The van der Waals surface area contributed by atoms with Gasteiger partial charge in [0.05, 0.1) is 17.1 Å². The normalized spacial score (nSPS) is 11.7. The van der Waals surface area contributed by atoms with Gasteiger partial charge in [0.25, 0.3) is 5.91 Å². The van der Waals surface area contributed by atoms with Crippen LogP contribution in [0, 0.1) is 12.7 Å². The zero-order chi connectivity index (χ0) is 21.3. The topological polar surface area (TPSA) is 59.8 Å². The molecule has 1 amide bonds. The molecule has 0 saturated heterocycles. The summed E-state index contributed by atoms with van der Waals surface area (Å²) in [7, 11) is 0. The molecule has 1 N–H and O–H groups in total. The van der Waals surface area contributed by atoms with Crippen molar-refractivity contribution >= 4 is 5.91 Å². The summed E-state index contributed by atoms with van der Waals surface area (Å²) in [6.45, 7) is 11.6. The van der Waals surface area contributed by atoms with Gasteiger partial charge in [-0.15, -0.1) is 0 Å². The van der Waals surface area contributed by atoms with E-state index in [0.29, 0.717) is 28.1 Å². The molecule has 0 bridgehead atoms. The first-order valence-corrected chi connectivity index (χ1v) is 9.70. The molecular formula is C23H27FN4O. The molecule has 0 fully saturated rings. The van der Waals surface area contributed by atoms with Crippen LogP contribution in [0.25, 0.3) is 22.6 Å². The summed E-state index contributed by atoms with van der Waals surface area (Å²) >= 11 is 0. The second-order valence-corrected chi connectivity index (χ2v) is 8.55. The van der Waals surface area contributed by atoms with Gasteiger partial charge in [-0.25, -0.2) is 9.37 Å². The third kappa shape index (κ3) is 4.70. The lowest BCUT2D eigenvalue weighted by Crippen LogP contribution is -2.40. The number of nitrogens with zero attached hydrogens (tertiary/aromatic N) is 3. The van der Waals surface area contributed by atoms with Crippen molar-refractivity contribution in [3.63, 3.8) is 0 Å². The molecule has 0 spiro atoms. The fraction of sp³-hybridized carbons (Fsp3) is 0.348. The van der Waals surface area contributed by atoms with E-state index in [9.17, 15) is 9.18 Å². The molecule has 6 heteroatoms. The molecule has 0 unspecified atom stereocenters. The minimum atomic E-state index is -0.379. The summed E-state index contributed by atoms with van der Waals surface area (Å²) in [4.78, 5) is 17.6. The highest BCUT2D eigenvalue weighted by atomic mass is 19.1. The van der Waals surface area contributed by atoms with E-state index in [2.05, 4.69) is 10.4 Å². The highest BCUT2D eigenvalue weighted by Gasteiger charge is 2.19. The standard InChI is InChI=1S/C23H27FN4O/c1-14(2)28-21(9-10-25-28)20-13-17(22(29)27-23(4,5)6)12-19(26-20)16-8-7-15(3)18(24)11-16/h7-14H,1-6H3,(H,27,29). The molecule has 0 aliphatic carbocycles. The van der Waals surface area contributed by atoms with Gasteiger partial charge < -0.3 is 5.32 Å². The van der Waals surface area contributed by atoms with E-state index >= 15 is 0 Å². The molecule has 5 nitrogen and oxygen atoms in total. The number of hydrogen-bond acceptors (Lipinski definition) is 3. The van der Waals surface area contributed by atoms with Crippen LogP contribution < -0.4 is 5.32 Å². The van der Waals surface area contributed by atoms with Gasteiger partial charge in [-0.1, -0.05) is 12.1 Å². The van der Waals surface area contributed by atoms with Crippen LogP contribution in [0.2, 0.25) is 0 Å². The Kier molecular flexibility index (Phi) is 5.55. The molecule has 3 aromatic rings. The van der Waals surface area contributed by atoms with Crippen LogP contribution >= 0.6 is 0 Å². The van der Waals surface area contributed by atoms with E-state index in [1.165, 1.54) is 6.07 Å². The third-order valence-corrected chi connectivity index (χ3v) is 4.47. The van der Waals surface area contributed by atoms with E-state index in [1.807, 2.05) is 51.4 Å². The molecule has 0 aliphatic rings.